The molecule has 2 aromatic rings. The number of carbonyl (C=O) groups excluding carboxylic acids is 2. The molecule has 2 heterocycles. The van der Waals surface area contributed by atoms with Crippen LogP contribution in [0.25, 0.3) is 0 Å². The first kappa shape index (κ1) is 17.2. The molecule has 6 nitrogen and oxygen atoms in total. The van der Waals surface area contributed by atoms with E-state index in [1.54, 1.807) is 0 Å². The summed E-state index contributed by atoms with van der Waals surface area (Å²) >= 11 is 0. The molecule has 2 N–H and O–H groups in total. The van der Waals surface area contributed by atoms with Crippen molar-refractivity contribution in [3.05, 3.63) is 65.0 Å². The summed E-state index contributed by atoms with van der Waals surface area (Å²) in [6.07, 6.45) is 0.119. The molecule has 0 spiro atoms. The number of carboxylic acids is 1. The summed E-state index contributed by atoms with van der Waals surface area (Å²) in [4.78, 5) is 38.4. The molecule has 2 unspecified atom stereocenters. The number of aliphatic carboxylic acids is 1. The second-order valence-electron chi connectivity index (χ2n) is 6.83. The Morgan fingerprint density at radius 2 is 1.85 bits per heavy atom. The number of nitrogens with zero attached hydrogens (tertiary/aromatic N) is 1. The number of carbonyl (C=O) groups is 3. The van der Waals surface area contributed by atoms with Gasteiger partial charge >= 0.3 is 5.97 Å². The summed E-state index contributed by atoms with van der Waals surface area (Å²) in [5, 5.41) is 12.2. The van der Waals surface area contributed by atoms with Crippen LogP contribution in [-0.4, -0.2) is 33.8 Å². The summed E-state index contributed by atoms with van der Waals surface area (Å²) in [7, 11) is 0. The van der Waals surface area contributed by atoms with Crippen LogP contribution in [-0.2, 0) is 27.3 Å². The lowest BCUT2D eigenvalue weighted by molar-refractivity contribution is -0.152. The van der Waals surface area contributed by atoms with Crippen LogP contribution in [0.3, 0.4) is 0 Å². The summed E-state index contributed by atoms with van der Waals surface area (Å²) in [5.41, 5.74) is 2.55. The minimum Gasteiger partial charge on any atom is -0.480 e. The third-order valence-corrected chi connectivity index (χ3v) is 5.17. The van der Waals surface area contributed by atoms with E-state index in [-0.39, 0.29) is 25.1 Å². The van der Waals surface area contributed by atoms with E-state index in [2.05, 4.69) is 5.32 Å². The van der Waals surface area contributed by atoms with Crippen molar-refractivity contribution in [2.24, 2.45) is 0 Å². The van der Waals surface area contributed by atoms with Gasteiger partial charge in [0.25, 0.3) is 0 Å². The average Bonchev–Trinajstić information content (AvgIpc) is 2.65. The highest BCUT2D eigenvalue weighted by molar-refractivity contribution is 6.01. The monoisotopic (exact) mass is 368 g/mol. The van der Waals surface area contributed by atoms with Crippen LogP contribution in [0.4, 0.5) is 10.1 Å². The van der Waals surface area contributed by atoms with Crippen LogP contribution < -0.4 is 5.32 Å². The summed E-state index contributed by atoms with van der Waals surface area (Å²) in [6, 6.07) is 10.3. The van der Waals surface area contributed by atoms with Gasteiger partial charge in [0.05, 0.1) is 5.92 Å². The van der Waals surface area contributed by atoms with Gasteiger partial charge in [-0.2, -0.15) is 0 Å². The van der Waals surface area contributed by atoms with Gasteiger partial charge in [-0.1, -0.05) is 30.3 Å². The molecule has 0 aliphatic carbocycles. The van der Waals surface area contributed by atoms with Gasteiger partial charge in [0.2, 0.25) is 11.8 Å². The first-order valence-electron chi connectivity index (χ1n) is 8.63. The number of carboxylic acid groups (broad SMARTS) is 1. The normalized spacial score (nSPS) is 21.1. The molecule has 7 heteroatoms. The zero-order chi connectivity index (χ0) is 19.1. The number of amides is 2. The Hall–Kier alpha value is -3.22. The summed E-state index contributed by atoms with van der Waals surface area (Å²) < 4.78 is 13.5. The lowest BCUT2D eigenvalue weighted by atomic mass is 9.86. The van der Waals surface area contributed by atoms with E-state index in [1.165, 1.54) is 23.1 Å². The van der Waals surface area contributed by atoms with Crippen LogP contribution in [0.2, 0.25) is 0 Å². The lowest BCUT2D eigenvalue weighted by Gasteiger charge is -2.37. The fourth-order valence-electron chi connectivity index (χ4n) is 3.83. The van der Waals surface area contributed by atoms with Crippen molar-refractivity contribution >= 4 is 23.5 Å². The maximum Gasteiger partial charge on any atom is 0.326 e. The second-order valence-corrected chi connectivity index (χ2v) is 6.83. The molecule has 0 radical (unpaired) electrons. The molecule has 0 aromatic heterocycles. The van der Waals surface area contributed by atoms with Crippen molar-refractivity contribution in [2.45, 2.75) is 31.3 Å². The zero-order valence-corrected chi connectivity index (χ0v) is 14.3. The second kappa shape index (κ2) is 6.50. The van der Waals surface area contributed by atoms with Crippen LogP contribution in [0, 0.1) is 5.82 Å². The van der Waals surface area contributed by atoms with Crippen LogP contribution in [0.15, 0.2) is 42.5 Å². The van der Waals surface area contributed by atoms with E-state index in [4.69, 9.17) is 0 Å². The number of hydrogen-bond acceptors (Lipinski definition) is 3. The number of hydrogen-bond donors (Lipinski definition) is 2. The van der Waals surface area contributed by atoms with E-state index in [0.29, 0.717) is 5.56 Å². The molecule has 2 aliphatic heterocycles. The van der Waals surface area contributed by atoms with Crippen LogP contribution >= 0.6 is 0 Å². The number of anilines is 1. The first-order valence-corrected chi connectivity index (χ1v) is 8.63. The number of rotatable bonds is 2. The fourth-order valence-corrected chi connectivity index (χ4v) is 3.83. The zero-order valence-electron chi connectivity index (χ0n) is 14.3. The molecule has 0 bridgehead atoms. The Morgan fingerprint density at radius 3 is 2.59 bits per heavy atom. The predicted molar refractivity (Wildman–Crippen MR) is 94.5 cm³/mol. The molecule has 27 heavy (non-hydrogen) atoms. The Labute approximate surface area is 154 Å². The maximum absolute atomic E-state index is 13.5. The summed E-state index contributed by atoms with van der Waals surface area (Å²) in [6.45, 7) is 0.167. The highest BCUT2D eigenvalue weighted by Crippen LogP contribution is 2.36. The van der Waals surface area contributed by atoms with Gasteiger partial charge in [0, 0.05) is 25.1 Å². The molecular formula is C20H17FN2O4. The van der Waals surface area contributed by atoms with Crippen molar-refractivity contribution in [3.63, 3.8) is 0 Å². The SMILES string of the molecule is O=C1CC(C(=O)N2Cc3ccccc3CC2C(=O)O)c2ccc(F)cc2N1. The molecule has 0 saturated carbocycles. The van der Waals surface area contributed by atoms with E-state index >= 15 is 0 Å². The molecule has 138 valence electrons. The molecular weight excluding hydrogens is 351 g/mol. The average molecular weight is 368 g/mol. The highest BCUT2D eigenvalue weighted by Gasteiger charge is 2.40. The van der Waals surface area contributed by atoms with Crippen molar-refractivity contribution in [1.82, 2.24) is 4.90 Å². The molecule has 2 aliphatic rings. The first-order chi connectivity index (χ1) is 12.9. The molecule has 0 saturated heterocycles. The highest BCUT2D eigenvalue weighted by atomic mass is 19.1. The number of fused-ring (bicyclic) bond motifs is 2. The summed E-state index contributed by atoms with van der Waals surface area (Å²) in [5.74, 6) is -3.26. The molecule has 2 atom stereocenters. The van der Waals surface area contributed by atoms with Gasteiger partial charge in [-0.3, -0.25) is 9.59 Å². The van der Waals surface area contributed by atoms with Gasteiger partial charge in [-0.05, 0) is 28.8 Å². The van der Waals surface area contributed by atoms with Gasteiger partial charge in [-0.25, -0.2) is 9.18 Å². The maximum atomic E-state index is 13.5. The Balaban J connectivity index is 1.71. The van der Waals surface area contributed by atoms with E-state index in [9.17, 15) is 23.9 Å². The van der Waals surface area contributed by atoms with E-state index < -0.39 is 35.6 Å². The van der Waals surface area contributed by atoms with Crippen LogP contribution in [0.1, 0.15) is 29.0 Å². The third kappa shape index (κ3) is 3.05. The molecule has 4 rings (SSSR count). The van der Waals surface area contributed by atoms with E-state index in [1.807, 2.05) is 24.3 Å². The smallest absolute Gasteiger partial charge is 0.326 e. The predicted octanol–water partition coefficient (Wildman–Crippen LogP) is 2.29. The fraction of sp³-hybridized carbons (Fsp3) is 0.250. The van der Waals surface area contributed by atoms with Crippen molar-refractivity contribution < 1.29 is 23.9 Å². The van der Waals surface area contributed by atoms with Gasteiger partial charge in [0.15, 0.2) is 0 Å². The minimum absolute atomic E-state index is 0.0953. The van der Waals surface area contributed by atoms with Crippen molar-refractivity contribution in [2.75, 3.05) is 5.32 Å². The Bertz CT molecular complexity index is 959. The standard InChI is InChI=1S/C20H17FN2O4/c21-13-5-6-14-15(9-18(24)22-16(14)8-13)19(25)23-10-12-4-2-1-3-11(12)7-17(23)20(26)27/h1-6,8,15,17H,7,9-10H2,(H,22,24)(H,26,27). The topological polar surface area (TPSA) is 86.7 Å². The Morgan fingerprint density at radius 1 is 1.11 bits per heavy atom. The molecule has 2 aromatic carbocycles. The number of halogens is 1. The third-order valence-electron chi connectivity index (χ3n) is 5.17. The van der Waals surface area contributed by atoms with Crippen molar-refractivity contribution in [1.29, 1.82) is 0 Å². The molecule has 2 amide bonds. The van der Waals surface area contributed by atoms with Gasteiger partial charge in [0.1, 0.15) is 11.9 Å². The number of benzene rings is 2. The largest absolute Gasteiger partial charge is 0.480 e. The quantitative estimate of drug-likeness (QED) is 0.852. The lowest BCUT2D eigenvalue weighted by Crippen LogP contribution is -2.51. The van der Waals surface area contributed by atoms with Crippen molar-refractivity contribution in [3.8, 4) is 0 Å². The Kier molecular flexibility index (Phi) is 4.14. The number of nitrogens with one attached hydrogen (secondary N) is 1. The molecule has 0 fully saturated rings. The van der Waals surface area contributed by atoms with E-state index in [0.717, 1.165) is 11.1 Å². The van der Waals surface area contributed by atoms with Gasteiger partial charge in [-0.15, -0.1) is 0 Å². The van der Waals surface area contributed by atoms with Gasteiger partial charge < -0.3 is 15.3 Å². The van der Waals surface area contributed by atoms with Crippen LogP contribution in [0.5, 0.6) is 0 Å². The minimum atomic E-state index is -1.09.